The Morgan fingerprint density at radius 2 is 1.00 bits per heavy atom. The van der Waals surface area contributed by atoms with Gasteiger partial charge in [0.25, 0.3) is 6.48 Å². The number of hydrogen-bond donors (Lipinski definition) is 0. The fourth-order valence-corrected chi connectivity index (χ4v) is 13.0. The Bertz CT molecular complexity index is 1190. The SMILES string of the molecule is C[C@H]1[C@@H](CC2COC3OCC(C[C@H]4O[C@@H]5O[C@]6(C)CC[C@H]7[C@H](C)CC[C@@H]([C@H]4C)[C@@]57OO6)C2O3)O[C@@H]2O[C@]3(C)CC[C@H]4[C@H](C)CC[C@@H]1[C@@]24OO3. The van der Waals surface area contributed by atoms with E-state index < -0.39 is 41.8 Å². The van der Waals surface area contributed by atoms with Crippen LogP contribution in [0, 0.1) is 59.2 Å². The summed E-state index contributed by atoms with van der Waals surface area (Å²) in [5.74, 6) is 1.73. The van der Waals surface area contributed by atoms with Gasteiger partial charge in [-0.25, -0.2) is 19.6 Å². The summed E-state index contributed by atoms with van der Waals surface area (Å²) >= 11 is 0. The van der Waals surface area contributed by atoms with Crippen molar-refractivity contribution in [2.45, 2.75) is 166 Å². The Labute approximate surface area is 290 Å². The molecular weight excluding hydrogens is 632 g/mol. The molecule has 10 heterocycles. The van der Waals surface area contributed by atoms with E-state index in [4.69, 9.17) is 52.7 Å². The topological polar surface area (TPSA) is 102 Å². The molecule has 0 aromatic carbocycles. The Kier molecular flexibility index (Phi) is 7.80. The van der Waals surface area contributed by atoms with Gasteiger partial charge in [0.05, 0.1) is 31.5 Å². The third kappa shape index (κ3) is 4.79. The van der Waals surface area contributed by atoms with E-state index in [-0.39, 0.29) is 42.0 Å². The third-order valence-corrected chi connectivity index (χ3v) is 15.8. The summed E-state index contributed by atoms with van der Waals surface area (Å²) in [5.41, 5.74) is -1.11. The van der Waals surface area contributed by atoms with Crippen molar-refractivity contribution in [2.24, 2.45) is 59.2 Å². The monoisotopic (exact) mass is 690 g/mol. The van der Waals surface area contributed by atoms with Crippen LogP contribution in [0.1, 0.15) is 106 Å². The summed E-state index contributed by atoms with van der Waals surface area (Å²) in [5, 5.41) is 0. The molecule has 49 heavy (non-hydrogen) atoms. The molecule has 12 aliphatic rings. The highest BCUT2D eigenvalue weighted by atomic mass is 17.3. The Morgan fingerprint density at radius 3 is 1.47 bits per heavy atom. The minimum atomic E-state index is -0.778. The summed E-state index contributed by atoms with van der Waals surface area (Å²) in [7, 11) is 0. The summed E-state index contributed by atoms with van der Waals surface area (Å²) in [6.45, 7) is 14.0. The predicted octanol–water partition coefficient (Wildman–Crippen LogP) is 6.23. The van der Waals surface area contributed by atoms with E-state index in [1.165, 1.54) is 12.8 Å². The van der Waals surface area contributed by atoms with Gasteiger partial charge in [-0.05, 0) is 101 Å². The van der Waals surface area contributed by atoms with Crippen LogP contribution >= 0.6 is 0 Å². The van der Waals surface area contributed by atoms with E-state index in [9.17, 15) is 0 Å². The van der Waals surface area contributed by atoms with Crippen LogP contribution in [0.15, 0.2) is 0 Å². The molecule has 6 bridgehead atoms. The smallest absolute Gasteiger partial charge is 0.271 e. The molecule has 2 spiro atoms. The van der Waals surface area contributed by atoms with Crippen LogP contribution in [-0.4, -0.2) is 73.4 Å². The van der Waals surface area contributed by atoms with Gasteiger partial charge in [-0.2, -0.15) is 0 Å². The van der Waals surface area contributed by atoms with E-state index in [1.807, 2.05) is 13.8 Å². The van der Waals surface area contributed by atoms with Gasteiger partial charge in [0, 0.05) is 36.5 Å². The number of fused-ring (bicyclic) bond motifs is 6. The first-order chi connectivity index (χ1) is 23.5. The molecule has 12 rings (SSSR count). The second-order valence-electron chi connectivity index (χ2n) is 18.4. The Hall–Kier alpha value is -0.440. The Balaban J connectivity index is 0.887. The fourth-order valence-electron chi connectivity index (χ4n) is 13.0. The van der Waals surface area contributed by atoms with Crippen molar-refractivity contribution in [3.63, 3.8) is 0 Å². The van der Waals surface area contributed by atoms with Crippen molar-refractivity contribution in [2.75, 3.05) is 13.2 Å². The van der Waals surface area contributed by atoms with Crippen LogP contribution in [0.2, 0.25) is 0 Å². The zero-order valence-corrected chi connectivity index (χ0v) is 30.2. The van der Waals surface area contributed by atoms with Crippen LogP contribution < -0.4 is 0 Å². The molecule has 0 radical (unpaired) electrons. The average molecular weight is 691 g/mol. The molecule has 10 aliphatic heterocycles. The summed E-state index contributed by atoms with van der Waals surface area (Å²) in [4.78, 5) is 25.0. The highest BCUT2D eigenvalue weighted by Crippen LogP contribution is 2.63. The average Bonchev–Trinajstić information content (AvgIpc) is 3.46. The van der Waals surface area contributed by atoms with Gasteiger partial charge < -0.3 is 33.2 Å². The minimum absolute atomic E-state index is 0.00261. The van der Waals surface area contributed by atoms with Gasteiger partial charge in [-0.1, -0.05) is 27.7 Å². The van der Waals surface area contributed by atoms with Gasteiger partial charge in [0.2, 0.25) is 11.6 Å². The van der Waals surface area contributed by atoms with Crippen LogP contribution in [0.3, 0.4) is 0 Å². The van der Waals surface area contributed by atoms with Crippen molar-refractivity contribution in [3.8, 4) is 0 Å². The Morgan fingerprint density at radius 1 is 0.531 bits per heavy atom. The molecule has 0 amide bonds. The number of rotatable bonds is 4. The summed E-state index contributed by atoms with van der Waals surface area (Å²) in [6.07, 6.45) is 9.05. The first-order valence-electron chi connectivity index (χ1n) is 19.8. The largest absolute Gasteiger partial charge is 0.346 e. The fraction of sp³-hybridized carbons (Fsp3) is 1.00. The minimum Gasteiger partial charge on any atom is -0.346 e. The lowest BCUT2D eigenvalue weighted by atomic mass is 9.57. The van der Waals surface area contributed by atoms with Gasteiger partial charge in [-0.3, -0.25) is 0 Å². The maximum absolute atomic E-state index is 7.03. The zero-order valence-electron chi connectivity index (χ0n) is 30.2. The molecule has 0 aromatic rings. The van der Waals surface area contributed by atoms with Crippen molar-refractivity contribution in [3.05, 3.63) is 0 Å². The molecule has 12 fully saturated rings. The van der Waals surface area contributed by atoms with Gasteiger partial charge in [-0.15, -0.1) is 0 Å². The second-order valence-corrected chi connectivity index (χ2v) is 18.4. The molecule has 18 atom stereocenters. The first kappa shape index (κ1) is 33.2. The predicted molar refractivity (Wildman–Crippen MR) is 170 cm³/mol. The van der Waals surface area contributed by atoms with Crippen LogP contribution in [-0.2, 0) is 52.7 Å². The maximum atomic E-state index is 7.03. The second kappa shape index (κ2) is 11.5. The molecule has 11 nitrogen and oxygen atoms in total. The van der Waals surface area contributed by atoms with E-state index in [0.29, 0.717) is 48.7 Å². The van der Waals surface area contributed by atoms with E-state index in [2.05, 4.69) is 27.7 Å². The lowest BCUT2D eigenvalue weighted by Crippen LogP contribution is -2.70. The molecule has 2 aliphatic carbocycles. The molecule has 276 valence electrons. The first-order valence-corrected chi connectivity index (χ1v) is 19.8. The molecule has 0 N–H and O–H groups in total. The van der Waals surface area contributed by atoms with Crippen LogP contribution in [0.4, 0.5) is 0 Å². The standard InChI is InChI=1S/C38H58O11/c1-19-7-9-27-21(3)29(41-32-37(27)25(19)11-13-35(5,44-32)46-48-37)15-23-17-39-34-40-18-24(31(23)43-34)16-30-22(4)28-10-8-20(2)26-12-14-36(6)45-33(42-30)38(26,28)49-47-36/h19-34H,7-18H2,1-6H3/t19-,20-,21-,22-,23?,24?,25+,26+,27+,28+,29-,30-,31?,32-,33-,34?,35+,36+,37-,38-/m1/s1. The highest BCUT2D eigenvalue weighted by molar-refractivity contribution is 5.12. The van der Waals surface area contributed by atoms with E-state index >= 15 is 0 Å². The zero-order chi connectivity index (χ0) is 33.5. The quantitative estimate of drug-likeness (QED) is 0.314. The van der Waals surface area contributed by atoms with Gasteiger partial charge in [0.15, 0.2) is 23.8 Å². The van der Waals surface area contributed by atoms with Crippen LogP contribution in [0.25, 0.3) is 0 Å². The molecule has 0 aromatic heterocycles. The third-order valence-electron chi connectivity index (χ3n) is 15.8. The molecule has 2 saturated carbocycles. The lowest BCUT2D eigenvalue weighted by molar-refractivity contribution is -0.571. The van der Waals surface area contributed by atoms with Crippen molar-refractivity contribution < 1.29 is 52.7 Å². The molecule has 10 saturated heterocycles. The molecule has 2 unspecified atom stereocenters. The van der Waals surface area contributed by atoms with Crippen molar-refractivity contribution in [1.29, 1.82) is 0 Å². The summed E-state index contributed by atoms with van der Waals surface area (Å²) in [6, 6.07) is 0. The molecule has 11 heteroatoms. The normalized spacial score (nSPS) is 62.1. The van der Waals surface area contributed by atoms with E-state index in [0.717, 1.165) is 51.4 Å². The maximum Gasteiger partial charge on any atom is 0.271 e. The highest BCUT2D eigenvalue weighted by Gasteiger charge is 2.71. The van der Waals surface area contributed by atoms with Gasteiger partial charge >= 0.3 is 0 Å². The van der Waals surface area contributed by atoms with Crippen molar-refractivity contribution >= 4 is 0 Å². The number of hydrogen-bond acceptors (Lipinski definition) is 11. The van der Waals surface area contributed by atoms with Crippen molar-refractivity contribution in [1.82, 2.24) is 0 Å². The number of ether oxygens (including phenoxy) is 7. The van der Waals surface area contributed by atoms with E-state index in [1.54, 1.807) is 0 Å². The van der Waals surface area contributed by atoms with Gasteiger partial charge in [0.1, 0.15) is 0 Å². The van der Waals surface area contributed by atoms with Crippen LogP contribution in [0.5, 0.6) is 0 Å². The summed E-state index contributed by atoms with van der Waals surface area (Å²) < 4.78 is 46.2. The lowest BCUT2D eigenvalue weighted by Gasteiger charge is -2.61. The molecular formula is C38H58O11.